The van der Waals surface area contributed by atoms with E-state index in [9.17, 15) is 13.8 Å². The summed E-state index contributed by atoms with van der Waals surface area (Å²) in [6, 6.07) is 11.9. The van der Waals surface area contributed by atoms with Gasteiger partial charge in [-0.15, -0.1) is 4.36 Å². The van der Waals surface area contributed by atoms with Crippen molar-refractivity contribution in [3.8, 4) is 5.75 Å². The van der Waals surface area contributed by atoms with Gasteiger partial charge >= 0.3 is 6.03 Å². The van der Waals surface area contributed by atoms with Crippen molar-refractivity contribution in [1.82, 2.24) is 19.4 Å². The Kier molecular flexibility index (Phi) is 9.68. The van der Waals surface area contributed by atoms with Crippen molar-refractivity contribution < 1.29 is 28.0 Å². The van der Waals surface area contributed by atoms with E-state index in [4.69, 9.17) is 25.8 Å². The number of morpholine rings is 1. The summed E-state index contributed by atoms with van der Waals surface area (Å²) in [5.41, 5.74) is 3.65. The fourth-order valence-corrected chi connectivity index (χ4v) is 13.3. The van der Waals surface area contributed by atoms with E-state index in [1.807, 2.05) is 25.1 Å². The molecule has 0 aromatic heterocycles. The molecular weight excluding hydrogens is 764 g/mol. The minimum absolute atomic E-state index is 0.0206. The smallest absolute Gasteiger partial charge is 0.329 e. The maximum atomic E-state index is 14.8. The van der Waals surface area contributed by atoms with Crippen LogP contribution in [0.4, 0.5) is 10.5 Å². The molecule has 5 aliphatic heterocycles. The highest BCUT2D eigenvalue weighted by molar-refractivity contribution is 7.92. The molecule has 2 spiro atoms. The zero-order valence-corrected chi connectivity index (χ0v) is 34.6. The van der Waals surface area contributed by atoms with E-state index >= 15 is 0 Å². The molecule has 2 aromatic rings. The molecule has 5 heterocycles. The van der Waals surface area contributed by atoms with Gasteiger partial charge in [-0.25, -0.2) is 9.00 Å². The predicted octanol–water partition coefficient (Wildman–Crippen LogP) is 4.99. The van der Waals surface area contributed by atoms with Crippen LogP contribution in [0.5, 0.6) is 5.75 Å². The van der Waals surface area contributed by atoms with Crippen LogP contribution in [0.2, 0.25) is 5.02 Å². The van der Waals surface area contributed by atoms with E-state index in [-0.39, 0.29) is 34.6 Å². The van der Waals surface area contributed by atoms with Gasteiger partial charge in [0.15, 0.2) is 0 Å². The van der Waals surface area contributed by atoms with Crippen molar-refractivity contribution in [2.24, 2.45) is 27.5 Å². The third-order valence-electron chi connectivity index (χ3n) is 14.5. The lowest BCUT2D eigenvalue weighted by atomic mass is 9.70. The number of amides is 3. The predicted molar refractivity (Wildman–Crippen MR) is 219 cm³/mol. The normalized spacial score (nSPS) is 37.2. The number of piperazine rings is 1. The monoisotopic (exact) mass is 818 g/mol. The molecule has 1 N–H and O–H groups in total. The summed E-state index contributed by atoms with van der Waals surface area (Å²) in [6.45, 7) is 10.6. The molecule has 3 amide bonds. The largest absolute Gasteiger partial charge is 0.490 e. The lowest BCUT2D eigenvalue weighted by molar-refractivity contribution is -0.0665. The molecule has 8 atom stereocenters. The number of urea groups is 1. The van der Waals surface area contributed by atoms with Crippen molar-refractivity contribution in [3.63, 3.8) is 0 Å². The first-order valence-electron chi connectivity index (χ1n) is 21.0. The van der Waals surface area contributed by atoms with Crippen molar-refractivity contribution in [1.29, 1.82) is 0 Å². The van der Waals surface area contributed by atoms with Gasteiger partial charge in [0.05, 0.1) is 37.4 Å². The lowest BCUT2D eigenvalue weighted by Gasteiger charge is -2.51. The molecule has 8 aliphatic rings. The number of rotatable bonds is 3. The molecule has 2 saturated carbocycles. The number of nitrogens with zero attached hydrogens (tertiary/aromatic N) is 5. The second-order valence-electron chi connectivity index (χ2n) is 18.2. The first-order valence-corrected chi connectivity index (χ1v) is 23.0. The Labute approximate surface area is 341 Å². The van der Waals surface area contributed by atoms with Gasteiger partial charge in [-0.3, -0.25) is 19.3 Å². The summed E-state index contributed by atoms with van der Waals surface area (Å²) in [4.78, 5) is 37.0. The number of nitrogens with one attached hydrogen (secondary N) is 1. The maximum absolute atomic E-state index is 14.8. The highest BCUT2D eigenvalue weighted by Crippen LogP contribution is 2.81. The number of methoxy groups -OCH3 is 1. The van der Waals surface area contributed by atoms with Gasteiger partial charge in [0.1, 0.15) is 15.7 Å². The van der Waals surface area contributed by atoms with Crippen LogP contribution >= 0.6 is 11.6 Å². The number of anilines is 1. The molecule has 3 aliphatic carbocycles. The van der Waals surface area contributed by atoms with Crippen LogP contribution in [0, 0.1) is 23.2 Å². The third-order valence-corrected chi connectivity index (χ3v) is 16.8. The number of carbonyl (C=O) groups excluding carboxylic acids is 2. The second-order valence-corrected chi connectivity index (χ2v) is 20.7. The summed E-state index contributed by atoms with van der Waals surface area (Å²) >= 11 is 6.49. The second kappa shape index (κ2) is 14.5. The molecule has 2 aromatic carbocycles. The minimum atomic E-state index is -3.49. The molecule has 2 unspecified atom stereocenters. The van der Waals surface area contributed by atoms with E-state index in [1.165, 1.54) is 11.1 Å². The number of hydrogen-bond acceptors (Lipinski definition) is 9. The Hall–Kier alpha value is -3.20. The topological polar surface area (TPSA) is 116 Å². The average Bonchev–Trinajstić information content (AvgIpc) is 4.06. The Balaban J connectivity index is 0.939. The molecule has 57 heavy (non-hydrogen) atoms. The first-order chi connectivity index (χ1) is 27.6. The lowest BCUT2D eigenvalue weighted by Crippen LogP contribution is -2.68. The number of benzene rings is 2. The van der Waals surface area contributed by atoms with E-state index in [0.29, 0.717) is 49.6 Å². The molecule has 10 rings (SSSR count). The van der Waals surface area contributed by atoms with Gasteiger partial charge in [-0.05, 0) is 96.7 Å². The number of carbonyl (C=O) groups is 2. The molecule has 306 valence electrons. The van der Waals surface area contributed by atoms with Crippen molar-refractivity contribution in [3.05, 3.63) is 70.3 Å². The van der Waals surface area contributed by atoms with Crippen LogP contribution in [0.3, 0.4) is 0 Å². The van der Waals surface area contributed by atoms with Crippen LogP contribution in [0.15, 0.2) is 52.9 Å². The average molecular weight is 819 g/mol. The van der Waals surface area contributed by atoms with Crippen molar-refractivity contribution in [2.75, 3.05) is 89.9 Å². The fourth-order valence-electron chi connectivity index (χ4n) is 11.2. The number of ether oxygens (including phenoxy) is 3. The van der Waals surface area contributed by atoms with Gasteiger partial charge in [0.25, 0.3) is 5.91 Å². The zero-order chi connectivity index (χ0) is 39.1. The molecule has 3 saturated heterocycles. The van der Waals surface area contributed by atoms with Gasteiger partial charge in [0.2, 0.25) is 0 Å². The highest BCUT2D eigenvalue weighted by atomic mass is 35.5. The van der Waals surface area contributed by atoms with Gasteiger partial charge < -0.3 is 24.0 Å². The van der Waals surface area contributed by atoms with Gasteiger partial charge in [-0.2, -0.15) is 0 Å². The molecule has 12 nitrogen and oxygen atoms in total. The Morgan fingerprint density at radius 2 is 1.93 bits per heavy atom. The molecule has 2 bridgehead atoms. The molecule has 5 fully saturated rings. The number of fused-ring (bicyclic) bond motifs is 5. The number of likely N-dealkylation sites (tertiary alicyclic amines) is 1. The third kappa shape index (κ3) is 6.97. The van der Waals surface area contributed by atoms with Crippen molar-refractivity contribution in [2.45, 2.75) is 62.6 Å². The summed E-state index contributed by atoms with van der Waals surface area (Å²) in [6.07, 6.45) is 9.07. The number of aryl methyl sites for hydroxylation is 1. The standard InChI is InChI=1S/C43H55ClN6O6S/c1-28-5-3-7-38(54-2)39-35-19-43(35,39)26-50-25-42(12-4-6-29-17-31(44)9-10-34(29)42)27-56-37-11-8-30(18-36(37)50)40(51)45-57(53,24-28)46-41(52)49-20-32(21-49)48-14-13-47-15-16-55-23-33(47)22-48/h3,7-11,17-18,28,32-33,35,38-39H,4-6,12-16,19-27H2,1-2H3,(H,45,46,51,52,53)/b7-3+/t28-,33-,35?,38-,39-,42-,43+,57?/m0/s1. The Morgan fingerprint density at radius 3 is 2.77 bits per heavy atom. The maximum Gasteiger partial charge on any atom is 0.329 e. The van der Waals surface area contributed by atoms with E-state index in [2.05, 4.69) is 48.1 Å². The summed E-state index contributed by atoms with van der Waals surface area (Å²) in [5, 5.41) is 0.750. The Morgan fingerprint density at radius 1 is 1.07 bits per heavy atom. The SMILES string of the molecule is CO[C@H]1/C=C/C[C@H](C)CS(=O)(NC(=O)N2CC(N3CCN4CCOC[C@@H]4C3)C2)=NC(=O)c2ccc3c(c2)N(C[C@@]2(CCCc4cc(Cl)ccc42)CO3)C[C@]23CC2[C@@H]13. The van der Waals surface area contributed by atoms with Gasteiger partial charge in [0, 0.05) is 87.6 Å². The van der Waals surface area contributed by atoms with Gasteiger partial charge in [-0.1, -0.05) is 36.7 Å². The number of hydrogen-bond donors (Lipinski definition) is 1. The number of halogens is 1. The van der Waals surface area contributed by atoms with E-state index in [1.54, 1.807) is 18.1 Å². The molecular formula is C43H55ClN6O6S. The zero-order valence-electron chi connectivity index (χ0n) is 33.1. The summed E-state index contributed by atoms with van der Waals surface area (Å²) in [7, 11) is -1.70. The van der Waals surface area contributed by atoms with Crippen molar-refractivity contribution >= 4 is 39.1 Å². The summed E-state index contributed by atoms with van der Waals surface area (Å²) in [5.74, 6) is 1.06. The molecule has 14 heteroatoms. The van der Waals surface area contributed by atoms with Crippen LogP contribution in [-0.4, -0.2) is 134 Å². The van der Waals surface area contributed by atoms with Crippen LogP contribution in [0.25, 0.3) is 0 Å². The quantitative estimate of drug-likeness (QED) is 0.428. The highest BCUT2D eigenvalue weighted by Gasteiger charge is 2.80. The van der Waals surface area contributed by atoms with Crippen LogP contribution in [0.1, 0.15) is 54.1 Å². The Bertz CT molecular complexity index is 2100. The number of allylic oxidation sites excluding steroid dienone is 1. The minimum Gasteiger partial charge on any atom is -0.490 e. The molecule has 0 radical (unpaired) electrons. The van der Waals surface area contributed by atoms with Crippen LogP contribution < -0.4 is 14.4 Å². The van der Waals surface area contributed by atoms with E-state index in [0.717, 1.165) is 94.6 Å². The summed E-state index contributed by atoms with van der Waals surface area (Å²) < 4.78 is 40.5. The van der Waals surface area contributed by atoms with E-state index < -0.39 is 21.9 Å². The first kappa shape index (κ1) is 38.0. The van der Waals surface area contributed by atoms with Crippen LogP contribution in [-0.2, 0) is 31.2 Å². The fraction of sp³-hybridized carbons (Fsp3) is 0.628.